The van der Waals surface area contributed by atoms with Gasteiger partial charge in [0.25, 0.3) is 0 Å². The first-order valence-corrected chi connectivity index (χ1v) is 6.35. The van der Waals surface area contributed by atoms with Crippen LogP contribution in [-0.2, 0) is 0 Å². The van der Waals surface area contributed by atoms with Crippen LogP contribution in [0.5, 0.6) is 0 Å². The Morgan fingerprint density at radius 3 is 2.44 bits per heavy atom. The van der Waals surface area contributed by atoms with Gasteiger partial charge in [0.15, 0.2) is 0 Å². The molecule has 0 aromatic heterocycles. The molecule has 0 unspecified atom stereocenters. The van der Waals surface area contributed by atoms with E-state index < -0.39 is 0 Å². The molecule has 1 fully saturated rings. The second-order valence-corrected chi connectivity index (χ2v) is 4.58. The molecule has 0 amide bonds. The zero-order valence-electron chi connectivity index (χ0n) is 10.2. The van der Waals surface area contributed by atoms with Gasteiger partial charge in [0.05, 0.1) is 0 Å². The van der Waals surface area contributed by atoms with E-state index in [4.69, 9.17) is 0 Å². The summed E-state index contributed by atoms with van der Waals surface area (Å²) in [5.41, 5.74) is 1.44. The van der Waals surface area contributed by atoms with Crippen LogP contribution in [0.3, 0.4) is 0 Å². The van der Waals surface area contributed by atoms with Crippen LogP contribution in [0.25, 0.3) is 0 Å². The van der Waals surface area contributed by atoms with Crippen molar-refractivity contribution in [2.75, 3.05) is 26.7 Å². The Morgan fingerprint density at radius 2 is 1.81 bits per heavy atom. The maximum Gasteiger partial charge on any atom is 0.0472 e. The summed E-state index contributed by atoms with van der Waals surface area (Å²) in [6, 6.07) is 11.4. The number of likely N-dealkylation sites (N-methyl/N-ethyl adjacent to an activating group) is 1. The van der Waals surface area contributed by atoms with Gasteiger partial charge in [0.1, 0.15) is 0 Å². The Hall–Kier alpha value is -0.860. The average molecular weight is 218 g/mol. The first-order valence-electron chi connectivity index (χ1n) is 6.35. The van der Waals surface area contributed by atoms with E-state index in [9.17, 15) is 0 Å². The summed E-state index contributed by atoms with van der Waals surface area (Å²) in [4.78, 5) is 2.62. The highest BCUT2D eigenvalue weighted by Crippen LogP contribution is 2.23. The lowest BCUT2D eigenvalue weighted by molar-refractivity contribution is 0.162. The van der Waals surface area contributed by atoms with E-state index >= 15 is 0 Å². The van der Waals surface area contributed by atoms with Crippen LogP contribution in [0.4, 0.5) is 0 Å². The van der Waals surface area contributed by atoms with Gasteiger partial charge in [-0.3, -0.25) is 4.90 Å². The first-order chi connectivity index (χ1) is 7.92. The maximum atomic E-state index is 3.32. The summed E-state index contributed by atoms with van der Waals surface area (Å²) >= 11 is 0. The predicted molar refractivity (Wildman–Crippen MR) is 68.5 cm³/mol. The predicted octanol–water partition coefficient (Wildman–Crippen LogP) is 2.43. The summed E-state index contributed by atoms with van der Waals surface area (Å²) in [5, 5.41) is 3.32. The minimum Gasteiger partial charge on any atom is -0.318 e. The fourth-order valence-electron chi connectivity index (χ4n) is 2.56. The number of rotatable bonds is 4. The molecule has 2 nitrogen and oxygen atoms in total. The number of hydrogen-bond donors (Lipinski definition) is 1. The van der Waals surface area contributed by atoms with Gasteiger partial charge in [-0.1, -0.05) is 36.8 Å². The molecular weight excluding hydrogens is 196 g/mol. The zero-order chi connectivity index (χ0) is 11.2. The van der Waals surface area contributed by atoms with E-state index in [1.54, 1.807) is 0 Å². The Kier molecular flexibility index (Phi) is 4.37. The summed E-state index contributed by atoms with van der Waals surface area (Å²) in [5.74, 6) is 0. The molecule has 1 aromatic carbocycles. The molecule has 1 heterocycles. The molecule has 1 aliphatic heterocycles. The van der Waals surface area contributed by atoms with Crippen molar-refractivity contribution in [3.8, 4) is 0 Å². The molecule has 1 aliphatic rings. The van der Waals surface area contributed by atoms with Crippen LogP contribution in [0, 0.1) is 0 Å². The third kappa shape index (κ3) is 2.83. The summed E-state index contributed by atoms with van der Waals surface area (Å²) in [7, 11) is 2.04. The number of benzene rings is 1. The van der Waals surface area contributed by atoms with Crippen LogP contribution in [0.15, 0.2) is 30.3 Å². The highest BCUT2D eigenvalue weighted by Gasteiger charge is 2.20. The van der Waals surface area contributed by atoms with Gasteiger partial charge < -0.3 is 5.32 Å². The van der Waals surface area contributed by atoms with E-state index in [0.717, 1.165) is 6.54 Å². The van der Waals surface area contributed by atoms with Crippen molar-refractivity contribution in [2.45, 2.75) is 25.3 Å². The lowest BCUT2D eigenvalue weighted by Gasteiger charge is -2.34. The van der Waals surface area contributed by atoms with Crippen molar-refractivity contribution in [3.05, 3.63) is 35.9 Å². The largest absolute Gasteiger partial charge is 0.318 e. The lowest BCUT2D eigenvalue weighted by atomic mass is 10.0. The summed E-state index contributed by atoms with van der Waals surface area (Å²) in [6.45, 7) is 3.55. The van der Waals surface area contributed by atoms with Crippen molar-refractivity contribution >= 4 is 0 Å². The minimum absolute atomic E-state index is 0.548. The topological polar surface area (TPSA) is 15.3 Å². The van der Waals surface area contributed by atoms with Crippen molar-refractivity contribution in [1.29, 1.82) is 0 Å². The number of piperidine rings is 1. The minimum atomic E-state index is 0.548. The monoisotopic (exact) mass is 218 g/mol. The van der Waals surface area contributed by atoms with Crippen LogP contribution in [0.1, 0.15) is 30.9 Å². The van der Waals surface area contributed by atoms with Gasteiger partial charge in [-0.2, -0.15) is 0 Å². The molecule has 0 aliphatic carbocycles. The Bertz CT molecular complexity index is 291. The Balaban J connectivity index is 2.09. The molecule has 0 saturated carbocycles. The fraction of sp³-hybridized carbons (Fsp3) is 0.571. The van der Waals surface area contributed by atoms with Crippen LogP contribution >= 0.6 is 0 Å². The van der Waals surface area contributed by atoms with Crippen LogP contribution in [-0.4, -0.2) is 31.6 Å². The normalized spacial score (nSPS) is 19.6. The van der Waals surface area contributed by atoms with Crippen molar-refractivity contribution in [2.24, 2.45) is 0 Å². The second kappa shape index (κ2) is 6.02. The second-order valence-electron chi connectivity index (χ2n) is 4.58. The summed E-state index contributed by atoms with van der Waals surface area (Å²) < 4.78 is 0. The van der Waals surface area contributed by atoms with Gasteiger partial charge >= 0.3 is 0 Å². The Morgan fingerprint density at radius 1 is 1.12 bits per heavy atom. The number of likely N-dealkylation sites (tertiary alicyclic amines) is 1. The molecule has 88 valence electrons. The van der Waals surface area contributed by atoms with Crippen molar-refractivity contribution in [1.82, 2.24) is 10.2 Å². The van der Waals surface area contributed by atoms with Gasteiger partial charge in [0, 0.05) is 12.6 Å². The molecular formula is C14H22N2. The maximum absolute atomic E-state index is 3.32. The fourth-order valence-corrected chi connectivity index (χ4v) is 2.56. The molecule has 2 heteroatoms. The van der Waals surface area contributed by atoms with E-state index in [1.807, 2.05) is 7.05 Å². The zero-order valence-corrected chi connectivity index (χ0v) is 10.2. The van der Waals surface area contributed by atoms with Crippen LogP contribution in [0.2, 0.25) is 0 Å². The third-order valence-corrected chi connectivity index (χ3v) is 3.41. The van der Waals surface area contributed by atoms with Gasteiger partial charge in [-0.15, -0.1) is 0 Å². The Labute approximate surface area is 98.7 Å². The van der Waals surface area contributed by atoms with E-state index in [2.05, 4.69) is 40.5 Å². The lowest BCUT2D eigenvalue weighted by Crippen LogP contribution is -2.38. The smallest absolute Gasteiger partial charge is 0.0472 e. The summed E-state index contributed by atoms with van der Waals surface area (Å²) in [6.07, 6.45) is 4.11. The SMILES string of the molecule is CNC[C@@H](c1ccccc1)N1CCCCC1. The van der Waals surface area contributed by atoms with E-state index in [-0.39, 0.29) is 0 Å². The molecule has 16 heavy (non-hydrogen) atoms. The van der Waals surface area contributed by atoms with Gasteiger partial charge in [-0.25, -0.2) is 0 Å². The number of hydrogen-bond acceptors (Lipinski definition) is 2. The number of nitrogens with zero attached hydrogens (tertiary/aromatic N) is 1. The molecule has 1 aromatic rings. The van der Waals surface area contributed by atoms with Gasteiger partial charge in [0.2, 0.25) is 0 Å². The van der Waals surface area contributed by atoms with Gasteiger partial charge in [-0.05, 0) is 38.5 Å². The number of nitrogens with one attached hydrogen (secondary N) is 1. The first kappa shape index (κ1) is 11.6. The van der Waals surface area contributed by atoms with E-state index in [1.165, 1.54) is 37.9 Å². The third-order valence-electron chi connectivity index (χ3n) is 3.41. The van der Waals surface area contributed by atoms with Crippen molar-refractivity contribution in [3.63, 3.8) is 0 Å². The molecule has 1 saturated heterocycles. The molecule has 1 atom stereocenters. The van der Waals surface area contributed by atoms with E-state index in [0.29, 0.717) is 6.04 Å². The molecule has 0 radical (unpaired) electrons. The molecule has 2 rings (SSSR count). The molecule has 1 N–H and O–H groups in total. The highest BCUT2D eigenvalue weighted by molar-refractivity contribution is 5.19. The molecule has 0 spiro atoms. The van der Waals surface area contributed by atoms with Crippen molar-refractivity contribution < 1.29 is 0 Å². The average Bonchev–Trinajstić information content (AvgIpc) is 2.38. The quantitative estimate of drug-likeness (QED) is 0.835. The van der Waals surface area contributed by atoms with Crippen LogP contribution < -0.4 is 5.32 Å². The molecule has 0 bridgehead atoms. The standard InChI is InChI=1S/C14H22N2/c1-15-12-14(13-8-4-2-5-9-13)16-10-6-3-7-11-16/h2,4-5,8-9,14-15H,3,6-7,10-12H2,1H3/t14-/m0/s1. The highest BCUT2D eigenvalue weighted by atomic mass is 15.2.